The zero-order valence-corrected chi connectivity index (χ0v) is 6.08. The van der Waals surface area contributed by atoms with E-state index in [1.54, 1.807) is 0 Å². The van der Waals surface area contributed by atoms with Crippen molar-refractivity contribution in [2.45, 2.75) is 12.5 Å². The standard InChI is InChI=1S/C6H8F2N2O2/c7-5(8)4-6(12)9-1-2-10(4)3-11/h1-2,4-5,11H,3H2,(H,9,12). The third-order valence-electron chi connectivity index (χ3n) is 1.52. The van der Waals surface area contributed by atoms with Crippen LogP contribution in [-0.2, 0) is 4.79 Å². The number of aliphatic hydroxyl groups is 1. The molecule has 12 heavy (non-hydrogen) atoms. The van der Waals surface area contributed by atoms with Crippen molar-refractivity contribution in [3.63, 3.8) is 0 Å². The number of nitrogens with one attached hydrogen (secondary N) is 1. The van der Waals surface area contributed by atoms with Crippen molar-refractivity contribution >= 4 is 5.91 Å². The average Bonchev–Trinajstić information content (AvgIpc) is 2.03. The van der Waals surface area contributed by atoms with Crippen LogP contribution in [-0.4, -0.2) is 35.1 Å². The minimum Gasteiger partial charge on any atom is -0.376 e. The third kappa shape index (κ3) is 1.53. The van der Waals surface area contributed by atoms with Gasteiger partial charge in [-0.05, 0) is 0 Å². The van der Waals surface area contributed by atoms with E-state index < -0.39 is 25.1 Å². The molecule has 1 aliphatic rings. The molecule has 0 aromatic rings. The lowest BCUT2D eigenvalue weighted by Gasteiger charge is -2.29. The summed E-state index contributed by atoms with van der Waals surface area (Å²) in [6, 6.07) is -1.58. The monoisotopic (exact) mass is 178 g/mol. The van der Waals surface area contributed by atoms with Gasteiger partial charge in [0.1, 0.15) is 6.73 Å². The van der Waals surface area contributed by atoms with Gasteiger partial charge in [0.05, 0.1) is 0 Å². The molecule has 0 bridgehead atoms. The summed E-state index contributed by atoms with van der Waals surface area (Å²) in [6.45, 7) is -0.598. The van der Waals surface area contributed by atoms with Gasteiger partial charge in [0.25, 0.3) is 12.3 Å². The van der Waals surface area contributed by atoms with Gasteiger partial charge in [-0.3, -0.25) is 4.79 Å². The van der Waals surface area contributed by atoms with Crippen molar-refractivity contribution in [2.75, 3.05) is 6.73 Å². The van der Waals surface area contributed by atoms with Crippen LogP contribution < -0.4 is 5.32 Å². The highest BCUT2D eigenvalue weighted by Crippen LogP contribution is 2.12. The van der Waals surface area contributed by atoms with Gasteiger partial charge in [-0.1, -0.05) is 0 Å². The summed E-state index contributed by atoms with van der Waals surface area (Å²) in [5.74, 6) is -0.804. The number of carbonyl (C=O) groups excluding carboxylic acids is 1. The first-order chi connectivity index (χ1) is 5.66. The lowest BCUT2D eigenvalue weighted by molar-refractivity contribution is -0.132. The minimum atomic E-state index is -2.80. The Hall–Kier alpha value is -1.17. The lowest BCUT2D eigenvalue weighted by Crippen LogP contribution is -2.50. The molecule has 1 unspecified atom stereocenters. The Kier molecular flexibility index (Phi) is 2.59. The number of alkyl halides is 2. The Bertz CT molecular complexity index is 208. The summed E-state index contributed by atoms with van der Waals surface area (Å²) in [5.41, 5.74) is 0. The third-order valence-corrected chi connectivity index (χ3v) is 1.52. The highest BCUT2D eigenvalue weighted by atomic mass is 19.3. The summed E-state index contributed by atoms with van der Waals surface area (Å²) in [6.07, 6.45) is -0.391. The van der Waals surface area contributed by atoms with Gasteiger partial charge in [-0.25, -0.2) is 8.78 Å². The molecule has 68 valence electrons. The van der Waals surface area contributed by atoms with E-state index in [0.717, 1.165) is 4.90 Å². The van der Waals surface area contributed by atoms with Crippen molar-refractivity contribution in [1.82, 2.24) is 10.2 Å². The highest BCUT2D eigenvalue weighted by Gasteiger charge is 2.33. The van der Waals surface area contributed by atoms with Crippen LogP contribution >= 0.6 is 0 Å². The first-order valence-corrected chi connectivity index (χ1v) is 3.28. The van der Waals surface area contributed by atoms with E-state index in [4.69, 9.17) is 5.11 Å². The van der Waals surface area contributed by atoms with E-state index >= 15 is 0 Å². The number of hydrogen-bond donors (Lipinski definition) is 2. The number of amides is 1. The number of aliphatic hydroxyl groups excluding tert-OH is 1. The van der Waals surface area contributed by atoms with Gasteiger partial charge in [0, 0.05) is 12.4 Å². The second-order valence-corrected chi connectivity index (χ2v) is 2.26. The van der Waals surface area contributed by atoms with E-state index in [1.807, 2.05) is 0 Å². The van der Waals surface area contributed by atoms with E-state index in [2.05, 4.69) is 5.32 Å². The molecule has 1 amide bonds. The second-order valence-electron chi connectivity index (χ2n) is 2.26. The molecular formula is C6H8F2N2O2. The predicted molar refractivity (Wildman–Crippen MR) is 36.0 cm³/mol. The van der Waals surface area contributed by atoms with Crippen LogP contribution in [0.15, 0.2) is 12.4 Å². The molecule has 0 aliphatic carbocycles. The van der Waals surface area contributed by atoms with Gasteiger partial charge in [-0.2, -0.15) is 0 Å². The molecule has 0 fully saturated rings. The first-order valence-electron chi connectivity index (χ1n) is 3.28. The van der Waals surface area contributed by atoms with Gasteiger partial charge < -0.3 is 15.3 Å². The van der Waals surface area contributed by atoms with Crippen LogP contribution in [0.3, 0.4) is 0 Å². The molecule has 0 radical (unpaired) electrons. The van der Waals surface area contributed by atoms with E-state index in [-0.39, 0.29) is 0 Å². The van der Waals surface area contributed by atoms with Crippen LogP contribution in [0.5, 0.6) is 0 Å². The smallest absolute Gasteiger partial charge is 0.267 e. The minimum absolute atomic E-state index is 0.598. The molecule has 0 spiro atoms. The molecule has 0 aromatic carbocycles. The Labute approximate surface area is 67.5 Å². The second kappa shape index (κ2) is 3.48. The Morgan fingerprint density at radius 1 is 1.75 bits per heavy atom. The molecule has 1 aliphatic heterocycles. The van der Waals surface area contributed by atoms with Gasteiger partial charge in [-0.15, -0.1) is 0 Å². The van der Waals surface area contributed by atoms with Crippen molar-refractivity contribution in [3.8, 4) is 0 Å². The van der Waals surface area contributed by atoms with E-state index in [0.29, 0.717) is 0 Å². The van der Waals surface area contributed by atoms with Crippen molar-refractivity contribution < 1.29 is 18.7 Å². The van der Waals surface area contributed by atoms with Crippen molar-refractivity contribution in [3.05, 3.63) is 12.4 Å². The maximum atomic E-state index is 12.2. The molecule has 6 heteroatoms. The Morgan fingerprint density at radius 2 is 2.42 bits per heavy atom. The van der Waals surface area contributed by atoms with E-state index in [1.165, 1.54) is 12.4 Å². The van der Waals surface area contributed by atoms with Crippen molar-refractivity contribution in [2.24, 2.45) is 0 Å². The van der Waals surface area contributed by atoms with Crippen molar-refractivity contribution in [1.29, 1.82) is 0 Å². The number of halogens is 2. The molecular weight excluding hydrogens is 170 g/mol. The predicted octanol–water partition coefficient (Wildman–Crippen LogP) is -0.527. The topological polar surface area (TPSA) is 52.6 Å². The summed E-state index contributed by atoms with van der Waals surface area (Å²) >= 11 is 0. The number of nitrogens with zero attached hydrogens (tertiary/aromatic N) is 1. The van der Waals surface area contributed by atoms with Crippen LogP contribution in [0.25, 0.3) is 0 Å². The molecule has 0 saturated heterocycles. The zero-order valence-electron chi connectivity index (χ0n) is 6.08. The van der Waals surface area contributed by atoms with Crippen LogP contribution in [0.1, 0.15) is 0 Å². The molecule has 2 N–H and O–H groups in total. The summed E-state index contributed by atoms with van der Waals surface area (Å²) < 4.78 is 24.3. The zero-order chi connectivity index (χ0) is 9.14. The van der Waals surface area contributed by atoms with Gasteiger partial charge >= 0.3 is 0 Å². The highest BCUT2D eigenvalue weighted by molar-refractivity contribution is 5.84. The largest absolute Gasteiger partial charge is 0.376 e. The summed E-state index contributed by atoms with van der Waals surface area (Å²) in [4.78, 5) is 11.7. The van der Waals surface area contributed by atoms with Gasteiger partial charge in [0.15, 0.2) is 6.04 Å². The molecule has 0 saturated carbocycles. The fourth-order valence-corrected chi connectivity index (χ4v) is 0.938. The lowest BCUT2D eigenvalue weighted by atomic mass is 10.2. The summed E-state index contributed by atoms with van der Waals surface area (Å²) in [5, 5.41) is 10.7. The van der Waals surface area contributed by atoms with Crippen LogP contribution in [0, 0.1) is 0 Å². The average molecular weight is 178 g/mol. The Morgan fingerprint density at radius 3 is 2.83 bits per heavy atom. The summed E-state index contributed by atoms with van der Waals surface area (Å²) in [7, 11) is 0. The quantitative estimate of drug-likeness (QED) is 0.597. The Balaban J connectivity index is 2.77. The first kappa shape index (κ1) is 8.92. The molecule has 1 rings (SSSR count). The fraction of sp³-hybridized carbons (Fsp3) is 0.500. The molecule has 4 nitrogen and oxygen atoms in total. The maximum absolute atomic E-state index is 12.2. The molecule has 1 atom stereocenters. The maximum Gasteiger partial charge on any atom is 0.267 e. The fourth-order valence-electron chi connectivity index (χ4n) is 0.938. The molecule has 1 heterocycles. The number of hydrogen-bond acceptors (Lipinski definition) is 3. The number of rotatable bonds is 2. The SMILES string of the molecule is O=C1NC=CN(CO)C1C(F)F. The van der Waals surface area contributed by atoms with E-state index in [9.17, 15) is 13.6 Å². The normalized spacial score (nSPS) is 23.2. The van der Waals surface area contributed by atoms with Crippen LogP contribution in [0.4, 0.5) is 8.78 Å². The molecule has 0 aromatic heterocycles. The number of carbonyl (C=O) groups is 1. The van der Waals surface area contributed by atoms with Crippen LogP contribution in [0.2, 0.25) is 0 Å². The van der Waals surface area contributed by atoms with Gasteiger partial charge in [0.2, 0.25) is 0 Å².